The fraction of sp³-hybridized carbons (Fsp3) is 0.545. The van der Waals surface area contributed by atoms with Crippen LogP contribution in [0, 0.1) is 19.8 Å². The van der Waals surface area contributed by atoms with E-state index in [4.69, 9.17) is 4.74 Å². The highest BCUT2D eigenvalue weighted by Crippen LogP contribution is 2.41. The molecule has 1 saturated carbocycles. The molecule has 2 aromatic rings. The topological polar surface area (TPSA) is 38.2 Å². The molecule has 4 nitrogen and oxygen atoms in total. The molecule has 0 atom stereocenters. The van der Waals surface area contributed by atoms with Crippen molar-refractivity contribution in [3.05, 3.63) is 52.8 Å². The normalized spacial score (nSPS) is 23.0. The van der Waals surface area contributed by atoms with Gasteiger partial charge in [0.1, 0.15) is 0 Å². The Morgan fingerprint density at radius 2 is 1.65 bits per heavy atom. The molecule has 1 aromatic heterocycles. The van der Waals surface area contributed by atoms with Crippen molar-refractivity contribution in [3.63, 3.8) is 0 Å². The van der Waals surface area contributed by atoms with Crippen molar-refractivity contribution in [1.82, 2.24) is 14.9 Å². The number of hydrogen-bond acceptors (Lipinski definition) is 4. The molecule has 4 heteroatoms. The van der Waals surface area contributed by atoms with Crippen LogP contribution >= 0.6 is 0 Å². The third kappa shape index (κ3) is 4.24. The van der Waals surface area contributed by atoms with E-state index in [1.165, 1.54) is 49.9 Å². The van der Waals surface area contributed by atoms with Crippen molar-refractivity contribution in [3.8, 4) is 6.01 Å². The minimum atomic E-state index is 0.525. The Balaban J connectivity index is 1.24. The van der Waals surface area contributed by atoms with Gasteiger partial charge in [0.15, 0.2) is 0 Å². The molecular formula is C22H29N3O. The molecule has 0 unspecified atom stereocenters. The maximum absolute atomic E-state index is 5.82. The minimum absolute atomic E-state index is 0.525. The van der Waals surface area contributed by atoms with Gasteiger partial charge in [-0.3, -0.25) is 4.90 Å². The van der Waals surface area contributed by atoms with E-state index in [0.717, 1.165) is 24.5 Å². The van der Waals surface area contributed by atoms with E-state index in [2.05, 4.69) is 39.1 Å². The summed E-state index contributed by atoms with van der Waals surface area (Å²) in [6.07, 6.45) is 5.13. The van der Waals surface area contributed by atoms with Gasteiger partial charge in [-0.05, 0) is 81.6 Å². The highest BCUT2D eigenvalue weighted by molar-refractivity contribution is 5.27. The fourth-order valence-corrected chi connectivity index (χ4v) is 4.19. The predicted molar refractivity (Wildman–Crippen MR) is 103 cm³/mol. The minimum Gasteiger partial charge on any atom is -0.463 e. The molecule has 0 radical (unpaired) electrons. The van der Waals surface area contributed by atoms with E-state index in [0.29, 0.717) is 17.8 Å². The zero-order valence-electron chi connectivity index (χ0n) is 15.9. The van der Waals surface area contributed by atoms with Crippen LogP contribution in [0.4, 0.5) is 0 Å². The van der Waals surface area contributed by atoms with Crippen LogP contribution in [0.3, 0.4) is 0 Å². The molecule has 1 aliphatic heterocycles. The summed E-state index contributed by atoms with van der Waals surface area (Å²) in [5.74, 6) is 1.30. The first-order valence-electron chi connectivity index (χ1n) is 9.92. The largest absolute Gasteiger partial charge is 0.463 e. The van der Waals surface area contributed by atoms with Gasteiger partial charge in [0, 0.05) is 17.9 Å². The molecule has 0 N–H and O–H groups in total. The molecule has 2 aliphatic rings. The lowest BCUT2D eigenvalue weighted by Gasteiger charge is -2.35. The smallest absolute Gasteiger partial charge is 0.316 e. The van der Waals surface area contributed by atoms with Crippen LogP contribution in [0.1, 0.15) is 54.1 Å². The number of nitrogens with zero attached hydrogens (tertiary/aromatic N) is 3. The molecule has 2 heterocycles. The first-order chi connectivity index (χ1) is 12.7. The van der Waals surface area contributed by atoms with E-state index in [-0.39, 0.29) is 0 Å². The van der Waals surface area contributed by atoms with E-state index < -0.39 is 0 Å². The molecule has 1 aromatic carbocycles. The fourth-order valence-electron chi connectivity index (χ4n) is 4.19. The molecule has 26 heavy (non-hydrogen) atoms. The number of hydrogen-bond donors (Lipinski definition) is 0. The lowest BCUT2D eigenvalue weighted by Crippen LogP contribution is -2.27. The van der Waals surface area contributed by atoms with Gasteiger partial charge < -0.3 is 4.74 Å². The molecule has 4 rings (SSSR count). The van der Waals surface area contributed by atoms with Crippen LogP contribution in [-0.2, 0) is 6.54 Å². The van der Waals surface area contributed by atoms with Gasteiger partial charge in [-0.2, -0.15) is 0 Å². The SMILES string of the molecule is Cc1cc(C)nc(OC[C@H]2C[C@@H](c3ccc(CN4CCCC4)cc3)C2)n1. The third-order valence-corrected chi connectivity index (χ3v) is 5.70. The Hall–Kier alpha value is -1.94. The van der Waals surface area contributed by atoms with E-state index in [1.54, 1.807) is 0 Å². The Morgan fingerprint density at radius 3 is 2.31 bits per heavy atom. The average Bonchev–Trinajstić information content (AvgIpc) is 3.07. The molecule has 0 bridgehead atoms. The first kappa shape index (κ1) is 17.5. The summed E-state index contributed by atoms with van der Waals surface area (Å²) in [6.45, 7) is 8.32. The third-order valence-electron chi connectivity index (χ3n) is 5.70. The van der Waals surface area contributed by atoms with Crippen molar-refractivity contribution in [2.45, 2.75) is 52.0 Å². The quantitative estimate of drug-likeness (QED) is 0.779. The molecule has 138 valence electrons. The maximum atomic E-state index is 5.82. The zero-order chi connectivity index (χ0) is 17.9. The van der Waals surface area contributed by atoms with Crippen LogP contribution in [0.25, 0.3) is 0 Å². The standard InChI is InChI=1S/C22H29N3O/c1-16-11-17(2)24-22(23-16)26-15-19-12-21(13-19)20-7-5-18(6-8-20)14-25-9-3-4-10-25/h5-8,11,19,21H,3-4,9-10,12-15H2,1-2H3/t19-,21+. The second-order valence-corrected chi connectivity index (χ2v) is 8.00. The number of aryl methyl sites for hydroxylation is 2. The number of ether oxygens (including phenoxy) is 1. The van der Waals surface area contributed by atoms with Crippen LogP contribution < -0.4 is 4.74 Å². The highest BCUT2D eigenvalue weighted by atomic mass is 16.5. The second-order valence-electron chi connectivity index (χ2n) is 8.00. The van der Waals surface area contributed by atoms with Gasteiger partial charge in [0.25, 0.3) is 0 Å². The first-order valence-corrected chi connectivity index (χ1v) is 9.92. The van der Waals surface area contributed by atoms with Crippen LogP contribution in [-0.4, -0.2) is 34.6 Å². The Kier molecular flexibility index (Phi) is 5.21. The van der Waals surface area contributed by atoms with Crippen molar-refractivity contribution in [2.24, 2.45) is 5.92 Å². The van der Waals surface area contributed by atoms with Crippen molar-refractivity contribution in [2.75, 3.05) is 19.7 Å². The molecule has 0 spiro atoms. The number of benzene rings is 1. The van der Waals surface area contributed by atoms with Crippen molar-refractivity contribution >= 4 is 0 Å². The molecule has 0 amide bonds. The van der Waals surface area contributed by atoms with Gasteiger partial charge >= 0.3 is 6.01 Å². The summed E-state index contributed by atoms with van der Waals surface area (Å²) in [5.41, 5.74) is 4.86. The lowest BCUT2D eigenvalue weighted by molar-refractivity contribution is 0.149. The molecule has 1 saturated heterocycles. The highest BCUT2D eigenvalue weighted by Gasteiger charge is 2.31. The zero-order valence-corrected chi connectivity index (χ0v) is 15.9. The number of likely N-dealkylation sites (tertiary alicyclic amines) is 1. The number of rotatable bonds is 6. The average molecular weight is 351 g/mol. The number of aromatic nitrogens is 2. The summed E-state index contributed by atoms with van der Waals surface area (Å²) >= 11 is 0. The van der Waals surface area contributed by atoms with Crippen LogP contribution in [0.2, 0.25) is 0 Å². The molecule has 2 fully saturated rings. The Bertz CT molecular complexity index is 711. The molecule has 1 aliphatic carbocycles. The summed E-state index contributed by atoms with van der Waals surface area (Å²) < 4.78 is 5.82. The van der Waals surface area contributed by atoms with Crippen LogP contribution in [0.5, 0.6) is 6.01 Å². The lowest BCUT2D eigenvalue weighted by atomic mass is 9.72. The van der Waals surface area contributed by atoms with Crippen molar-refractivity contribution < 1.29 is 4.74 Å². The van der Waals surface area contributed by atoms with E-state index >= 15 is 0 Å². The summed E-state index contributed by atoms with van der Waals surface area (Å²) in [6, 6.07) is 11.8. The summed E-state index contributed by atoms with van der Waals surface area (Å²) in [7, 11) is 0. The Labute approximate surface area is 156 Å². The predicted octanol–water partition coefficient (Wildman–Crippen LogP) is 4.26. The van der Waals surface area contributed by atoms with Gasteiger partial charge in [-0.1, -0.05) is 24.3 Å². The Morgan fingerprint density at radius 1 is 1.00 bits per heavy atom. The van der Waals surface area contributed by atoms with Gasteiger partial charge in [0.2, 0.25) is 0 Å². The van der Waals surface area contributed by atoms with Crippen LogP contribution in [0.15, 0.2) is 30.3 Å². The molecular weight excluding hydrogens is 322 g/mol. The monoisotopic (exact) mass is 351 g/mol. The van der Waals surface area contributed by atoms with Crippen molar-refractivity contribution in [1.29, 1.82) is 0 Å². The summed E-state index contributed by atoms with van der Waals surface area (Å²) in [5, 5.41) is 0. The van der Waals surface area contributed by atoms with Gasteiger partial charge in [0.05, 0.1) is 6.61 Å². The maximum Gasteiger partial charge on any atom is 0.316 e. The van der Waals surface area contributed by atoms with E-state index in [9.17, 15) is 0 Å². The summed E-state index contributed by atoms with van der Waals surface area (Å²) in [4.78, 5) is 11.3. The van der Waals surface area contributed by atoms with E-state index in [1.807, 2.05) is 19.9 Å². The second kappa shape index (κ2) is 7.75. The van der Waals surface area contributed by atoms with Gasteiger partial charge in [-0.25, -0.2) is 9.97 Å². The van der Waals surface area contributed by atoms with Gasteiger partial charge in [-0.15, -0.1) is 0 Å².